The van der Waals surface area contributed by atoms with Gasteiger partial charge in [-0.05, 0) is 35.7 Å². The van der Waals surface area contributed by atoms with E-state index in [1.807, 2.05) is 31.3 Å². The lowest BCUT2D eigenvalue weighted by Crippen LogP contribution is -2.23. The molecule has 1 amide bonds. The highest BCUT2D eigenvalue weighted by Gasteiger charge is 2.18. The van der Waals surface area contributed by atoms with Gasteiger partial charge in [-0.25, -0.2) is 0 Å². The number of aromatic nitrogens is 4. The predicted octanol–water partition coefficient (Wildman–Crippen LogP) is 3.52. The molecule has 3 heterocycles. The summed E-state index contributed by atoms with van der Waals surface area (Å²) >= 11 is 0. The number of nitrogens with zero attached hydrogens (tertiary/aromatic N) is 4. The fraction of sp³-hybridized carbons (Fsp3) is 0.182. The molecule has 3 aromatic heterocycles. The molecular formula is C22H21N5O. The topological polar surface area (TPSA) is 72.7 Å². The van der Waals surface area contributed by atoms with E-state index in [-0.39, 0.29) is 5.91 Å². The Labute approximate surface area is 163 Å². The lowest BCUT2D eigenvalue weighted by atomic mass is 10.1. The summed E-state index contributed by atoms with van der Waals surface area (Å²) in [5, 5.41) is 7.59. The van der Waals surface area contributed by atoms with E-state index in [9.17, 15) is 4.79 Å². The Morgan fingerprint density at radius 3 is 2.43 bits per heavy atom. The van der Waals surface area contributed by atoms with Crippen LogP contribution in [0.25, 0.3) is 22.3 Å². The third kappa shape index (κ3) is 3.36. The number of rotatable bonds is 5. The molecule has 6 nitrogen and oxygen atoms in total. The highest BCUT2D eigenvalue weighted by molar-refractivity contribution is 6.07. The third-order valence-corrected chi connectivity index (χ3v) is 4.80. The Morgan fingerprint density at radius 2 is 1.71 bits per heavy atom. The zero-order chi connectivity index (χ0) is 19.5. The first kappa shape index (κ1) is 17.9. The average Bonchev–Trinajstić information content (AvgIpc) is 3.10. The number of carbonyl (C=O) groups excluding carboxylic acids is 1. The number of nitrogens with one attached hydrogen (secondary N) is 1. The average molecular weight is 371 g/mol. The first-order valence-electron chi connectivity index (χ1n) is 9.25. The van der Waals surface area contributed by atoms with Crippen LogP contribution in [0.1, 0.15) is 28.4 Å². The number of hydrogen-bond donors (Lipinski definition) is 1. The Morgan fingerprint density at radius 1 is 1.00 bits per heavy atom. The van der Waals surface area contributed by atoms with Crippen LogP contribution in [0.4, 0.5) is 0 Å². The van der Waals surface area contributed by atoms with Gasteiger partial charge in [-0.3, -0.25) is 19.4 Å². The first-order chi connectivity index (χ1) is 13.7. The van der Waals surface area contributed by atoms with Crippen LogP contribution >= 0.6 is 0 Å². The summed E-state index contributed by atoms with van der Waals surface area (Å²) < 4.78 is 1.71. The SMILES string of the molecule is CCc1ccc(CNC(=O)c2ccnc3c(-c4ccncc4)nn(C)c23)cc1. The van der Waals surface area contributed by atoms with Crippen LogP contribution in [0.5, 0.6) is 0 Å². The van der Waals surface area contributed by atoms with Gasteiger partial charge >= 0.3 is 0 Å². The van der Waals surface area contributed by atoms with Crippen molar-refractivity contribution in [3.63, 3.8) is 0 Å². The number of fused-ring (bicyclic) bond motifs is 1. The number of carbonyl (C=O) groups is 1. The lowest BCUT2D eigenvalue weighted by molar-refractivity contribution is 0.0952. The summed E-state index contributed by atoms with van der Waals surface area (Å²) in [5.74, 6) is -0.142. The zero-order valence-electron chi connectivity index (χ0n) is 15.9. The van der Waals surface area contributed by atoms with Crippen LogP contribution in [0, 0.1) is 0 Å². The molecule has 1 aromatic carbocycles. The minimum absolute atomic E-state index is 0.142. The maximum absolute atomic E-state index is 12.9. The van der Waals surface area contributed by atoms with Crippen molar-refractivity contribution in [2.24, 2.45) is 7.05 Å². The third-order valence-electron chi connectivity index (χ3n) is 4.80. The van der Waals surface area contributed by atoms with Gasteiger partial charge in [0.05, 0.1) is 11.1 Å². The monoisotopic (exact) mass is 371 g/mol. The van der Waals surface area contributed by atoms with Crippen molar-refractivity contribution in [3.8, 4) is 11.3 Å². The van der Waals surface area contributed by atoms with E-state index in [1.165, 1.54) is 5.56 Å². The maximum atomic E-state index is 12.9. The van der Waals surface area contributed by atoms with E-state index in [0.29, 0.717) is 23.1 Å². The minimum Gasteiger partial charge on any atom is -0.348 e. The second kappa shape index (κ2) is 7.60. The van der Waals surface area contributed by atoms with Crippen LogP contribution in [-0.4, -0.2) is 25.7 Å². The van der Waals surface area contributed by atoms with E-state index in [1.54, 1.807) is 29.3 Å². The molecule has 0 saturated heterocycles. The van der Waals surface area contributed by atoms with E-state index >= 15 is 0 Å². The highest BCUT2D eigenvalue weighted by atomic mass is 16.1. The van der Waals surface area contributed by atoms with Crippen LogP contribution in [0.3, 0.4) is 0 Å². The van der Waals surface area contributed by atoms with Crippen LogP contribution < -0.4 is 5.32 Å². The molecular weight excluding hydrogens is 350 g/mol. The molecule has 0 saturated carbocycles. The van der Waals surface area contributed by atoms with Gasteiger partial charge in [-0.1, -0.05) is 31.2 Å². The van der Waals surface area contributed by atoms with E-state index in [4.69, 9.17) is 0 Å². The molecule has 0 atom stereocenters. The number of pyridine rings is 2. The van der Waals surface area contributed by atoms with Gasteiger partial charge in [0.25, 0.3) is 5.91 Å². The van der Waals surface area contributed by atoms with Crippen molar-refractivity contribution in [3.05, 3.63) is 77.7 Å². The molecule has 28 heavy (non-hydrogen) atoms. The molecule has 0 aliphatic heterocycles. The Balaban J connectivity index is 1.63. The molecule has 0 aliphatic carbocycles. The van der Waals surface area contributed by atoms with E-state index in [2.05, 4.69) is 39.4 Å². The molecule has 0 spiro atoms. The first-order valence-corrected chi connectivity index (χ1v) is 9.25. The molecule has 0 aliphatic rings. The molecule has 0 bridgehead atoms. The number of benzene rings is 1. The van der Waals surface area contributed by atoms with Crippen LogP contribution in [-0.2, 0) is 20.0 Å². The summed E-state index contributed by atoms with van der Waals surface area (Å²) in [6.45, 7) is 2.60. The second-order valence-corrected chi connectivity index (χ2v) is 6.62. The van der Waals surface area contributed by atoms with Crippen LogP contribution in [0.2, 0.25) is 0 Å². The summed E-state index contributed by atoms with van der Waals surface area (Å²) in [6.07, 6.45) is 6.09. The smallest absolute Gasteiger partial charge is 0.253 e. The van der Waals surface area contributed by atoms with Gasteiger partial charge in [0.2, 0.25) is 0 Å². The van der Waals surface area contributed by atoms with E-state index < -0.39 is 0 Å². The highest BCUT2D eigenvalue weighted by Crippen LogP contribution is 2.27. The summed E-state index contributed by atoms with van der Waals surface area (Å²) in [6, 6.07) is 13.8. The molecule has 0 unspecified atom stereocenters. The van der Waals surface area contributed by atoms with Crippen molar-refractivity contribution in [1.29, 1.82) is 0 Å². The molecule has 4 rings (SSSR count). The van der Waals surface area contributed by atoms with Gasteiger partial charge in [-0.15, -0.1) is 0 Å². The molecule has 1 N–H and O–H groups in total. The largest absolute Gasteiger partial charge is 0.348 e. The lowest BCUT2D eigenvalue weighted by Gasteiger charge is -2.08. The van der Waals surface area contributed by atoms with Crippen LogP contribution in [0.15, 0.2) is 61.1 Å². The van der Waals surface area contributed by atoms with Gasteiger partial charge in [0, 0.05) is 37.7 Å². The Hall–Kier alpha value is -3.54. The predicted molar refractivity (Wildman–Crippen MR) is 109 cm³/mol. The Kier molecular flexibility index (Phi) is 4.85. The maximum Gasteiger partial charge on any atom is 0.253 e. The van der Waals surface area contributed by atoms with Gasteiger partial charge in [0.1, 0.15) is 11.2 Å². The summed E-state index contributed by atoms with van der Waals surface area (Å²) in [5.41, 5.74) is 5.99. The van der Waals surface area contributed by atoms with Gasteiger partial charge in [-0.2, -0.15) is 5.10 Å². The standard InChI is InChI=1S/C22H21N5O/c1-3-15-4-6-16(7-5-15)14-25-22(28)18-10-13-24-20-19(26-27(2)21(18)20)17-8-11-23-12-9-17/h4-13H,3,14H2,1-2H3,(H,25,28). The quantitative estimate of drug-likeness (QED) is 0.583. The van der Waals surface area contributed by atoms with Crippen molar-refractivity contribution in [2.75, 3.05) is 0 Å². The minimum atomic E-state index is -0.142. The molecule has 140 valence electrons. The van der Waals surface area contributed by atoms with Crippen molar-refractivity contribution in [2.45, 2.75) is 19.9 Å². The summed E-state index contributed by atoms with van der Waals surface area (Å²) in [7, 11) is 1.83. The van der Waals surface area contributed by atoms with E-state index in [0.717, 1.165) is 23.2 Å². The molecule has 0 radical (unpaired) electrons. The molecule has 6 heteroatoms. The van der Waals surface area contributed by atoms with Gasteiger partial charge in [0.15, 0.2) is 0 Å². The fourth-order valence-electron chi connectivity index (χ4n) is 3.26. The zero-order valence-corrected chi connectivity index (χ0v) is 15.9. The second-order valence-electron chi connectivity index (χ2n) is 6.62. The van der Waals surface area contributed by atoms with Gasteiger partial charge < -0.3 is 5.32 Å². The molecule has 0 fully saturated rings. The van der Waals surface area contributed by atoms with Crippen molar-refractivity contribution < 1.29 is 4.79 Å². The molecule has 4 aromatic rings. The number of hydrogen-bond acceptors (Lipinski definition) is 4. The summed E-state index contributed by atoms with van der Waals surface area (Å²) in [4.78, 5) is 21.4. The fourth-order valence-corrected chi connectivity index (χ4v) is 3.26. The van der Waals surface area contributed by atoms with Crippen molar-refractivity contribution >= 4 is 16.9 Å². The normalized spacial score (nSPS) is 10.9. The number of aryl methyl sites for hydroxylation is 2. The van der Waals surface area contributed by atoms with Crippen molar-refractivity contribution in [1.82, 2.24) is 25.1 Å². The number of amides is 1. The Bertz CT molecular complexity index is 1120.